The SMILES string of the molecule is CN1C=C2c3ccccc3-c3ccc[c-]c3N2[CH-]1.CN1C=C2c3ccccc3-c3ccc[c-]c3N2[CH-]1.CN1C=C2c3ccccc3-c3ccc[c-]c3N2[CH-]1.Cc1cccc(C)c1-c1cnc2c3[c-]cccc3c3cccnc3n12.Cc1cccc(C)c1-c1cnc2c3[c-]cccc3c3ccncc3n12.Cc1cccc(C)c1-c1cnc2c3[c-]cccc3c3cnccc3n12.[Ir+3].[Ir+3].[Ir+3]. The van der Waals surface area contributed by atoms with Crippen LogP contribution in [0.15, 0.2) is 329 Å². The zero-order valence-electron chi connectivity index (χ0n) is 73.6. The Hall–Kier alpha value is -14.3. The van der Waals surface area contributed by atoms with E-state index < -0.39 is 0 Å². The Bertz CT molecular complexity index is 7390. The molecular formula is C114H84Ir3N15. The van der Waals surface area contributed by atoms with E-state index in [0.717, 1.165) is 111 Å². The molecule has 27 rings (SSSR count). The van der Waals surface area contributed by atoms with Crippen LogP contribution >= 0.6 is 0 Å². The Kier molecular flexibility index (Phi) is 23.9. The van der Waals surface area contributed by atoms with Crippen molar-refractivity contribution >= 4 is 116 Å². The number of pyridine rings is 6. The van der Waals surface area contributed by atoms with Crippen LogP contribution in [0.4, 0.5) is 17.1 Å². The van der Waals surface area contributed by atoms with Gasteiger partial charge >= 0.3 is 60.3 Å². The third-order valence-electron chi connectivity index (χ3n) is 25.0. The quantitative estimate of drug-likeness (QED) is 0.124. The molecule has 0 aliphatic carbocycles. The number of hydrogen-bond donors (Lipinski definition) is 0. The topological polar surface area (TPSA) is 110 Å². The van der Waals surface area contributed by atoms with Crippen molar-refractivity contribution < 1.29 is 60.3 Å². The van der Waals surface area contributed by atoms with Gasteiger partial charge in [0.05, 0.1) is 39.5 Å². The van der Waals surface area contributed by atoms with Gasteiger partial charge < -0.3 is 42.6 Å². The number of anilines is 3. The molecule has 132 heavy (non-hydrogen) atoms. The van der Waals surface area contributed by atoms with Crippen molar-refractivity contribution in [1.82, 2.24) is 57.8 Å². The molecule has 0 unspecified atom stereocenters. The van der Waals surface area contributed by atoms with Gasteiger partial charge in [-0.25, -0.2) is 4.98 Å². The van der Waals surface area contributed by atoms with Crippen molar-refractivity contribution in [2.24, 2.45) is 0 Å². The van der Waals surface area contributed by atoms with Crippen molar-refractivity contribution in [2.75, 3.05) is 35.8 Å². The standard InChI is InChI=1S/3C22H16N3.3C16H12N2.3Ir/c1-14-7-5-8-15(2)20(14)19-13-24-22-17-10-4-3-9-16(17)18-11-6-12-23-21(18)25(19)22;1-14-6-5-7-15(2)21(14)20-13-24-22-18-9-4-3-8-16(18)17-10-11-23-12-19(17)25(20)22;1-14-6-5-7-15(2)21(14)20-13-24-22-17-9-4-3-8-16(17)18-12-23-11-10-19(18)25(20)22;3*1-17-10-16-14-8-3-2-6-12(14)13-7-4-5-9-15(13)18(16)11-17;;;/h3-9,11-13H,1-2H3;2*3-8,10-13H,1-2H3;3*2-8,10-11H,1H3;;;/q3*-1;3*-2;3*+3. The number of aromatic nitrogens is 9. The van der Waals surface area contributed by atoms with Crippen molar-refractivity contribution in [3.05, 3.63) is 436 Å². The molecule has 6 aliphatic rings. The van der Waals surface area contributed by atoms with E-state index in [2.05, 4.69) is 377 Å². The number of imidazole rings is 3. The van der Waals surface area contributed by atoms with Gasteiger partial charge in [-0.15, -0.1) is 106 Å². The van der Waals surface area contributed by atoms with Gasteiger partial charge in [0.1, 0.15) is 5.65 Å². The van der Waals surface area contributed by atoms with E-state index in [1.165, 1.54) is 123 Å². The van der Waals surface area contributed by atoms with E-state index in [4.69, 9.17) is 15.0 Å². The molecule has 0 amide bonds. The minimum atomic E-state index is 0. The minimum absolute atomic E-state index is 0. The summed E-state index contributed by atoms with van der Waals surface area (Å²) in [6.45, 7) is 19.2. The zero-order valence-corrected chi connectivity index (χ0v) is 80.8. The van der Waals surface area contributed by atoms with Crippen LogP contribution in [-0.2, 0) is 60.3 Å². The summed E-state index contributed by atoms with van der Waals surface area (Å²) >= 11 is 0. The van der Waals surface area contributed by atoms with Crippen LogP contribution in [0.2, 0.25) is 0 Å². The number of benzene rings is 12. The molecule has 15 heterocycles. The van der Waals surface area contributed by atoms with E-state index in [9.17, 15) is 0 Å². The van der Waals surface area contributed by atoms with Gasteiger partial charge in [-0.3, -0.25) is 24.9 Å². The monoisotopic (exact) mass is 2240 g/mol. The van der Waals surface area contributed by atoms with Gasteiger partial charge in [-0.05, 0) is 166 Å². The molecule has 0 bridgehead atoms. The van der Waals surface area contributed by atoms with E-state index in [-0.39, 0.29) is 60.3 Å². The maximum atomic E-state index is 4.77. The molecule has 0 spiro atoms. The van der Waals surface area contributed by atoms with E-state index >= 15 is 0 Å². The largest absolute Gasteiger partial charge is 3.00 e. The predicted molar refractivity (Wildman–Crippen MR) is 525 cm³/mol. The molecule has 642 valence electrons. The van der Waals surface area contributed by atoms with Crippen molar-refractivity contribution in [2.45, 2.75) is 41.5 Å². The first kappa shape index (κ1) is 87.0. The fourth-order valence-corrected chi connectivity index (χ4v) is 19.5. The molecule has 0 saturated carbocycles. The number of nitrogens with zero attached hydrogens (tertiary/aromatic N) is 15. The Morgan fingerprint density at radius 1 is 0.250 bits per heavy atom. The van der Waals surface area contributed by atoms with Crippen molar-refractivity contribution in [1.29, 1.82) is 0 Å². The van der Waals surface area contributed by atoms with Crippen LogP contribution in [0.25, 0.3) is 166 Å². The molecule has 18 heteroatoms. The van der Waals surface area contributed by atoms with Crippen LogP contribution in [0.5, 0.6) is 0 Å². The molecule has 0 radical (unpaired) electrons. The van der Waals surface area contributed by atoms with Gasteiger partial charge in [-0.1, -0.05) is 183 Å². The zero-order chi connectivity index (χ0) is 87.2. The summed E-state index contributed by atoms with van der Waals surface area (Å²) < 4.78 is 6.63. The average molecular weight is 2240 g/mol. The number of para-hydroxylation sites is 3. The number of rotatable bonds is 3. The first-order chi connectivity index (χ1) is 63.3. The van der Waals surface area contributed by atoms with Gasteiger partial charge in [0.25, 0.3) is 0 Å². The third-order valence-corrected chi connectivity index (χ3v) is 25.0. The molecule has 0 N–H and O–H groups in total. The molecule has 9 aromatic heterocycles. The summed E-state index contributed by atoms with van der Waals surface area (Å²) in [5, 5.41) is 9.93. The summed E-state index contributed by atoms with van der Waals surface area (Å²) in [5.41, 5.74) is 38.9. The summed E-state index contributed by atoms with van der Waals surface area (Å²) in [6.07, 6.45) is 21.8. The van der Waals surface area contributed by atoms with Crippen LogP contribution in [-0.4, -0.2) is 78.9 Å². The van der Waals surface area contributed by atoms with Gasteiger partial charge in [0.2, 0.25) is 0 Å². The second-order valence-corrected chi connectivity index (χ2v) is 33.2. The second kappa shape index (κ2) is 36.2. The molecule has 0 fully saturated rings. The van der Waals surface area contributed by atoms with Gasteiger partial charge in [0, 0.05) is 88.9 Å². The number of hydrogen-bond acceptors (Lipinski definition) is 12. The maximum absolute atomic E-state index is 4.77. The number of fused-ring (bicyclic) bond motifs is 36. The normalized spacial score (nSPS) is 13.1. The molecule has 0 saturated heterocycles. The third kappa shape index (κ3) is 15.0. The molecule has 12 aromatic carbocycles. The number of aryl methyl sites for hydroxylation is 6. The Labute approximate surface area is 807 Å². The molecule has 0 atom stereocenters. The minimum Gasteiger partial charge on any atom is -0.510 e. The fourth-order valence-electron chi connectivity index (χ4n) is 19.5. The van der Waals surface area contributed by atoms with Crippen LogP contribution in [0, 0.1) is 97.9 Å². The van der Waals surface area contributed by atoms with E-state index in [1.54, 1.807) is 0 Å². The molecule has 21 aromatic rings. The van der Waals surface area contributed by atoms with Crippen molar-refractivity contribution in [3.8, 4) is 67.2 Å². The first-order valence-corrected chi connectivity index (χ1v) is 43.2. The summed E-state index contributed by atoms with van der Waals surface area (Å²) in [4.78, 5) is 40.5. The molecule has 6 aliphatic heterocycles. The predicted octanol–water partition coefficient (Wildman–Crippen LogP) is 25.4. The Morgan fingerprint density at radius 2 is 0.576 bits per heavy atom. The Balaban J connectivity index is 0.000000102. The first-order valence-electron chi connectivity index (χ1n) is 43.2. The fraction of sp³-hybridized carbons (Fsp3) is 0.0789. The van der Waals surface area contributed by atoms with Gasteiger partial charge in [0.15, 0.2) is 0 Å². The van der Waals surface area contributed by atoms with Crippen LogP contribution < -0.4 is 14.7 Å². The van der Waals surface area contributed by atoms with Crippen LogP contribution in [0.3, 0.4) is 0 Å². The smallest absolute Gasteiger partial charge is 0.510 e. The second-order valence-electron chi connectivity index (χ2n) is 33.2. The molecular weight excluding hydrogens is 2160 g/mol. The molecule has 15 nitrogen and oxygen atoms in total. The summed E-state index contributed by atoms with van der Waals surface area (Å²) in [6, 6.07) is 110. The van der Waals surface area contributed by atoms with Crippen molar-refractivity contribution in [3.63, 3.8) is 0 Å². The summed E-state index contributed by atoms with van der Waals surface area (Å²) in [5.74, 6) is 0. The Morgan fingerprint density at radius 3 is 0.992 bits per heavy atom. The van der Waals surface area contributed by atoms with E-state index in [1.807, 2.05) is 128 Å². The van der Waals surface area contributed by atoms with E-state index in [0.29, 0.717) is 0 Å². The van der Waals surface area contributed by atoms with Crippen LogP contribution in [0.1, 0.15) is 50.1 Å². The average Bonchev–Trinajstić information content (AvgIpc) is 1.53. The maximum Gasteiger partial charge on any atom is 3.00 e. The van der Waals surface area contributed by atoms with Gasteiger partial charge in [-0.2, -0.15) is 92.8 Å². The summed E-state index contributed by atoms with van der Waals surface area (Å²) in [7, 11) is 6.16.